The first-order valence-corrected chi connectivity index (χ1v) is 5.37. The molecule has 0 aliphatic heterocycles. The minimum absolute atomic E-state index is 0.169. The van der Waals surface area contributed by atoms with Crippen LogP contribution in [0.3, 0.4) is 0 Å². The Kier molecular flexibility index (Phi) is 8.00. The number of nitrogens with one attached hydrogen (secondary N) is 1. The van der Waals surface area contributed by atoms with Gasteiger partial charge in [0.2, 0.25) is 5.91 Å². The molecule has 0 aromatic rings. The van der Waals surface area contributed by atoms with Crippen molar-refractivity contribution in [1.82, 2.24) is 5.32 Å². The van der Waals surface area contributed by atoms with Crippen molar-refractivity contribution in [2.24, 2.45) is 0 Å². The van der Waals surface area contributed by atoms with E-state index in [0.717, 1.165) is 0 Å². The fourth-order valence-electron chi connectivity index (χ4n) is 0.982. The summed E-state index contributed by atoms with van der Waals surface area (Å²) in [7, 11) is 0. The van der Waals surface area contributed by atoms with Gasteiger partial charge < -0.3 is 20.3 Å². The van der Waals surface area contributed by atoms with Crippen LogP contribution in [0.4, 0.5) is 0 Å². The number of carbonyl (C=O) groups is 2. The van der Waals surface area contributed by atoms with Crippen LogP contribution in [-0.2, 0) is 14.3 Å². The van der Waals surface area contributed by atoms with Crippen LogP contribution in [0.2, 0.25) is 0 Å². The predicted molar refractivity (Wildman–Crippen MR) is 61.1 cm³/mol. The Bertz CT molecular complexity index is 265. The Morgan fingerprint density at radius 1 is 1.53 bits per heavy atom. The standard InChI is InChI=1S/C11H19NO5/c1-3-4-5-10(15)12-9(6-13)11(16)17-7-8(2)14/h3,8-9,13-14H,1,4-7H2,2H3,(H,12,15)/t8-,9-/m0/s1. The molecule has 2 atom stereocenters. The minimum Gasteiger partial charge on any atom is -0.461 e. The van der Waals surface area contributed by atoms with E-state index in [-0.39, 0.29) is 18.9 Å². The molecule has 0 saturated heterocycles. The van der Waals surface area contributed by atoms with Gasteiger partial charge in [-0.15, -0.1) is 6.58 Å². The zero-order valence-corrected chi connectivity index (χ0v) is 9.89. The first kappa shape index (κ1) is 15.6. The van der Waals surface area contributed by atoms with Crippen LogP contribution >= 0.6 is 0 Å². The molecule has 0 bridgehead atoms. The van der Waals surface area contributed by atoms with Gasteiger partial charge in [0.15, 0.2) is 6.04 Å². The average Bonchev–Trinajstić information content (AvgIpc) is 2.30. The van der Waals surface area contributed by atoms with E-state index in [1.54, 1.807) is 6.08 Å². The molecule has 0 aromatic carbocycles. The summed E-state index contributed by atoms with van der Waals surface area (Å²) < 4.78 is 4.68. The summed E-state index contributed by atoms with van der Waals surface area (Å²) in [4.78, 5) is 22.6. The van der Waals surface area contributed by atoms with Crippen molar-refractivity contribution in [3.05, 3.63) is 12.7 Å². The molecule has 3 N–H and O–H groups in total. The van der Waals surface area contributed by atoms with Gasteiger partial charge in [-0.25, -0.2) is 4.79 Å². The number of hydrogen-bond donors (Lipinski definition) is 3. The van der Waals surface area contributed by atoms with Crippen LogP contribution in [0.15, 0.2) is 12.7 Å². The number of allylic oxidation sites excluding steroid dienone is 1. The third-order valence-electron chi connectivity index (χ3n) is 1.84. The molecule has 6 nitrogen and oxygen atoms in total. The minimum atomic E-state index is -1.09. The first-order chi connectivity index (χ1) is 8.01. The van der Waals surface area contributed by atoms with Crippen molar-refractivity contribution in [3.8, 4) is 0 Å². The number of aliphatic hydroxyl groups excluding tert-OH is 2. The van der Waals surface area contributed by atoms with Gasteiger partial charge in [0.1, 0.15) is 6.61 Å². The largest absolute Gasteiger partial charge is 0.461 e. The van der Waals surface area contributed by atoms with Crippen molar-refractivity contribution in [3.63, 3.8) is 0 Å². The van der Waals surface area contributed by atoms with Gasteiger partial charge in [-0.1, -0.05) is 6.08 Å². The van der Waals surface area contributed by atoms with Crippen molar-refractivity contribution < 1.29 is 24.5 Å². The van der Waals surface area contributed by atoms with Gasteiger partial charge in [0.05, 0.1) is 12.7 Å². The summed E-state index contributed by atoms with van der Waals surface area (Å²) in [6, 6.07) is -1.09. The molecule has 0 unspecified atom stereocenters. The SMILES string of the molecule is C=CCCC(=O)N[C@@H](CO)C(=O)OC[C@H](C)O. The molecule has 0 radical (unpaired) electrons. The lowest BCUT2D eigenvalue weighted by Crippen LogP contribution is -2.44. The third kappa shape index (κ3) is 7.48. The van der Waals surface area contributed by atoms with E-state index in [0.29, 0.717) is 6.42 Å². The number of aliphatic hydroxyl groups is 2. The lowest BCUT2D eigenvalue weighted by Gasteiger charge is -2.15. The second kappa shape index (κ2) is 8.72. The van der Waals surface area contributed by atoms with E-state index >= 15 is 0 Å². The smallest absolute Gasteiger partial charge is 0.331 e. The number of amides is 1. The molecule has 1 amide bonds. The number of hydrogen-bond acceptors (Lipinski definition) is 5. The van der Waals surface area contributed by atoms with Crippen LogP contribution in [0.25, 0.3) is 0 Å². The fourth-order valence-corrected chi connectivity index (χ4v) is 0.982. The van der Waals surface area contributed by atoms with Crippen LogP contribution in [0.5, 0.6) is 0 Å². The zero-order chi connectivity index (χ0) is 13.3. The van der Waals surface area contributed by atoms with E-state index in [1.165, 1.54) is 6.92 Å². The molecule has 98 valence electrons. The maximum Gasteiger partial charge on any atom is 0.331 e. The van der Waals surface area contributed by atoms with Gasteiger partial charge in [-0.3, -0.25) is 4.79 Å². The molecular formula is C11H19NO5. The highest BCUT2D eigenvalue weighted by Gasteiger charge is 2.21. The number of rotatable bonds is 8. The summed E-state index contributed by atoms with van der Waals surface area (Å²) in [5.74, 6) is -1.13. The Hall–Kier alpha value is -1.40. The molecule has 0 saturated carbocycles. The number of ether oxygens (including phenoxy) is 1. The van der Waals surface area contributed by atoms with Crippen molar-refractivity contribution in [2.45, 2.75) is 31.9 Å². The highest BCUT2D eigenvalue weighted by molar-refractivity contribution is 5.84. The highest BCUT2D eigenvalue weighted by atomic mass is 16.5. The Balaban J connectivity index is 4.08. The van der Waals surface area contributed by atoms with Gasteiger partial charge in [-0.2, -0.15) is 0 Å². The summed E-state index contributed by atoms with van der Waals surface area (Å²) in [5.41, 5.74) is 0. The number of esters is 1. The normalized spacial score (nSPS) is 13.6. The van der Waals surface area contributed by atoms with Crippen LogP contribution in [0.1, 0.15) is 19.8 Å². The molecule has 0 rings (SSSR count). The van der Waals surface area contributed by atoms with E-state index in [2.05, 4.69) is 16.6 Å². The van der Waals surface area contributed by atoms with Crippen LogP contribution in [-0.4, -0.2) is 47.4 Å². The molecule has 0 aliphatic carbocycles. The highest BCUT2D eigenvalue weighted by Crippen LogP contribution is 1.95. The van der Waals surface area contributed by atoms with Gasteiger partial charge in [0.25, 0.3) is 0 Å². The summed E-state index contributed by atoms with van der Waals surface area (Å²) in [6.45, 7) is 4.22. The fraction of sp³-hybridized carbons (Fsp3) is 0.636. The first-order valence-electron chi connectivity index (χ1n) is 5.37. The number of carbonyl (C=O) groups excluding carboxylic acids is 2. The van der Waals surface area contributed by atoms with Crippen molar-refractivity contribution in [1.29, 1.82) is 0 Å². The average molecular weight is 245 g/mol. The monoisotopic (exact) mass is 245 g/mol. The zero-order valence-electron chi connectivity index (χ0n) is 9.89. The van der Waals surface area contributed by atoms with E-state index in [4.69, 9.17) is 10.2 Å². The molecule has 6 heteroatoms. The van der Waals surface area contributed by atoms with Crippen LogP contribution in [0, 0.1) is 0 Å². The molecule has 0 fully saturated rings. The van der Waals surface area contributed by atoms with Gasteiger partial charge in [0, 0.05) is 6.42 Å². The molecular weight excluding hydrogens is 226 g/mol. The molecule has 0 aliphatic rings. The Morgan fingerprint density at radius 3 is 2.65 bits per heavy atom. The topological polar surface area (TPSA) is 95.9 Å². The molecule has 17 heavy (non-hydrogen) atoms. The predicted octanol–water partition coefficient (Wildman–Crippen LogP) is -0.646. The van der Waals surface area contributed by atoms with Gasteiger partial charge in [-0.05, 0) is 13.3 Å². The molecule has 0 heterocycles. The quantitative estimate of drug-likeness (QED) is 0.390. The molecule has 0 spiro atoms. The third-order valence-corrected chi connectivity index (χ3v) is 1.84. The molecule has 0 aromatic heterocycles. The second-order valence-corrected chi connectivity index (χ2v) is 3.61. The van der Waals surface area contributed by atoms with E-state index < -0.39 is 24.7 Å². The lowest BCUT2D eigenvalue weighted by atomic mass is 10.2. The summed E-state index contributed by atoms with van der Waals surface area (Å²) in [5, 5.41) is 20.2. The van der Waals surface area contributed by atoms with Gasteiger partial charge >= 0.3 is 5.97 Å². The Labute approximate surface area is 100 Å². The van der Waals surface area contributed by atoms with Crippen molar-refractivity contribution >= 4 is 11.9 Å². The van der Waals surface area contributed by atoms with Crippen LogP contribution < -0.4 is 5.32 Å². The summed E-state index contributed by atoms with van der Waals surface area (Å²) in [6.07, 6.45) is 1.49. The van der Waals surface area contributed by atoms with Crippen molar-refractivity contribution in [2.75, 3.05) is 13.2 Å². The Morgan fingerprint density at radius 2 is 2.18 bits per heavy atom. The second-order valence-electron chi connectivity index (χ2n) is 3.61. The lowest BCUT2D eigenvalue weighted by molar-refractivity contribution is -0.151. The summed E-state index contributed by atoms with van der Waals surface area (Å²) >= 11 is 0. The van der Waals surface area contributed by atoms with E-state index in [1.807, 2.05) is 0 Å². The maximum absolute atomic E-state index is 11.4. The maximum atomic E-state index is 11.4. The van der Waals surface area contributed by atoms with E-state index in [9.17, 15) is 9.59 Å².